The Morgan fingerprint density at radius 2 is 1.48 bits per heavy atom. The minimum Gasteiger partial charge on any atom is -0.872 e. The standard InChI is InChI=1S/C24H34O5S.Na/c1-2-3-4-5-6-7-8-9-10-11-13-20-18-21(25)16-17-24(20)29-22-14-12-15-23(19-22)30(26,27)28;/h12,14-19,25H,2-11,13H2,1H3,(H,26,27,28);/q;+1/p-1. The maximum atomic E-state index is 11.8. The van der Waals surface area contributed by atoms with Crippen LogP contribution in [0.25, 0.3) is 0 Å². The normalized spacial score (nSPS) is 11.2. The summed E-state index contributed by atoms with van der Waals surface area (Å²) in [6.07, 6.45) is 13.2. The van der Waals surface area contributed by atoms with Crippen LogP contribution in [0.1, 0.15) is 76.7 Å². The molecule has 0 aliphatic heterocycles. The maximum absolute atomic E-state index is 11.8. The molecule has 0 atom stereocenters. The molecule has 0 fully saturated rings. The molecule has 2 aromatic rings. The number of hydrogen-bond acceptors (Lipinski definition) is 4. The minimum absolute atomic E-state index is 0. The summed E-state index contributed by atoms with van der Waals surface area (Å²) < 4.78 is 37.7. The first-order chi connectivity index (χ1) is 14.4. The van der Waals surface area contributed by atoms with Crippen LogP contribution in [-0.4, -0.2) is 13.0 Å². The smallest absolute Gasteiger partial charge is 0.872 e. The van der Waals surface area contributed by atoms with Crippen LogP contribution >= 0.6 is 0 Å². The zero-order chi connectivity index (χ0) is 21.8. The van der Waals surface area contributed by atoms with Gasteiger partial charge >= 0.3 is 29.6 Å². The third kappa shape index (κ3) is 10.9. The van der Waals surface area contributed by atoms with E-state index in [0.717, 1.165) is 24.8 Å². The summed E-state index contributed by atoms with van der Waals surface area (Å²) >= 11 is 0. The third-order valence-corrected chi connectivity index (χ3v) is 6.01. The van der Waals surface area contributed by atoms with E-state index in [2.05, 4.69) is 6.92 Å². The topological polar surface area (TPSA) is 86.7 Å². The second-order valence-corrected chi connectivity index (χ2v) is 9.18. The van der Waals surface area contributed by atoms with Gasteiger partial charge in [0.1, 0.15) is 11.5 Å². The number of unbranched alkanes of at least 4 members (excludes halogenated alkanes) is 9. The second-order valence-electron chi connectivity index (χ2n) is 7.75. The van der Waals surface area contributed by atoms with Crippen LogP contribution in [0.4, 0.5) is 0 Å². The van der Waals surface area contributed by atoms with E-state index in [1.54, 1.807) is 18.2 Å². The molecule has 0 aliphatic carbocycles. The molecule has 2 aromatic carbocycles. The Bertz CT molecular complexity index is 883. The molecule has 7 heteroatoms. The molecule has 0 unspecified atom stereocenters. The van der Waals surface area contributed by atoms with Crippen LogP contribution in [0.5, 0.6) is 17.2 Å². The fraction of sp³-hybridized carbons (Fsp3) is 0.500. The molecule has 2 rings (SSSR count). The Morgan fingerprint density at radius 1 is 0.871 bits per heavy atom. The summed E-state index contributed by atoms with van der Waals surface area (Å²) in [7, 11) is -4.30. The quantitative estimate of drug-likeness (QED) is 0.268. The van der Waals surface area contributed by atoms with E-state index in [-0.39, 0.29) is 40.2 Å². The number of aryl methyl sites for hydroxylation is 1. The summed E-state index contributed by atoms with van der Waals surface area (Å²) in [6, 6.07) is 10.3. The Kier molecular flexibility index (Phi) is 13.5. The van der Waals surface area contributed by atoms with Crippen molar-refractivity contribution >= 4 is 10.1 Å². The number of rotatable bonds is 14. The van der Waals surface area contributed by atoms with E-state index in [9.17, 15) is 18.1 Å². The van der Waals surface area contributed by atoms with Crippen molar-refractivity contribution in [2.45, 2.75) is 82.4 Å². The Morgan fingerprint density at radius 3 is 2.10 bits per heavy atom. The van der Waals surface area contributed by atoms with Gasteiger partial charge in [-0.05, 0) is 36.6 Å². The molecule has 0 saturated heterocycles. The number of ether oxygens (including phenoxy) is 1. The van der Waals surface area contributed by atoms with Crippen molar-refractivity contribution in [2.75, 3.05) is 0 Å². The first kappa shape index (κ1) is 28.0. The van der Waals surface area contributed by atoms with Gasteiger partial charge in [-0.1, -0.05) is 82.9 Å². The fourth-order valence-corrected chi connectivity index (χ4v) is 3.99. The van der Waals surface area contributed by atoms with Gasteiger partial charge in [-0.3, -0.25) is 4.55 Å². The molecule has 0 heterocycles. The molecule has 31 heavy (non-hydrogen) atoms. The van der Waals surface area contributed by atoms with Crippen molar-refractivity contribution in [1.82, 2.24) is 0 Å². The van der Waals surface area contributed by atoms with E-state index < -0.39 is 10.1 Å². The minimum atomic E-state index is -4.30. The zero-order valence-corrected chi connectivity index (χ0v) is 21.6. The molecule has 0 saturated carbocycles. The summed E-state index contributed by atoms with van der Waals surface area (Å²) in [5, 5.41) is 11.8. The van der Waals surface area contributed by atoms with Gasteiger partial charge in [0.15, 0.2) is 0 Å². The van der Waals surface area contributed by atoms with Crippen LogP contribution in [0, 0.1) is 0 Å². The Labute approximate surface area is 209 Å². The van der Waals surface area contributed by atoms with Crippen LogP contribution in [-0.2, 0) is 16.5 Å². The van der Waals surface area contributed by atoms with Gasteiger partial charge in [-0.2, -0.15) is 8.42 Å². The van der Waals surface area contributed by atoms with Gasteiger partial charge in [-0.15, -0.1) is 5.75 Å². The van der Waals surface area contributed by atoms with Crippen LogP contribution in [0.2, 0.25) is 0 Å². The van der Waals surface area contributed by atoms with Crippen molar-refractivity contribution in [3.05, 3.63) is 48.0 Å². The van der Waals surface area contributed by atoms with Crippen LogP contribution in [0.15, 0.2) is 47.4 Å². The van der Waals surface area contributed by atoms with E-state index in [4.69, 9.17) is 4.74 Å². The molecular formula is C24H33NaO5S. The summed E-state index contributed by atoms with van der Waals surface area (Å²) in [5.74, 6) is 0.766. The van der Waals surface area contributed by atoms with Gasteiger partial charge in [0.25, 0.3) is 10.1 Å². The van der Waals surface area contributed by atoms with Gasteiger partial charge in [0, 0.05) is 6.07 Å². The molecule has 0 amide bonds. The van der Waals surface area contributed by atoms with Crippen molar-refractivity contribution in [2.24, 2.45) is 0 Å². The largest absolute Gasteiger partial charge is 1.00 e. The molecular weight excluding hydrogens is 423 g/mol. The van der Waals surface area contributed by atoms with Crippen molar-refractivity contribution in [3.63, 3.8) is 0 Å². The monoisotopic (exact) mass is 456 g/mol. The van der Waals surface area contributed by atoms with E-state index in [1.165, 1.54) is 75.6 Å². The van der Waals surface area contributed by atoms with Crippen LogP contribution in [0.3, 0.4) is 0 Å². The predicted octanol–water partition coefficient (Wildman–Crippen LogP) is 3.27. The molecule has 1 N–H and O–H groups in total. The van der Waals surface area contributed by atoms with Crippen molar-refractivity contribution in [3.8, 4) is 17.2 Å². The van der Waals surface area contributed by atoms with Crippen molar-refractivity contribution < 1.29 is 52.4 Å². The van der Waals surface area contributed by atoms with E-state index in [0.29, 0.717) is 11.5 Å². The number of benzene rings is 2. The molecule has 0 spiro atoms. The average Bonchev–Trinajstić information content (AvgIpc) is 2.71. The Hall–Kier alpha value is -1.05. The van der Waals surface area contributed by atoms with Gasteiger partial charge in [0.05, 0.1) is 4.90 Å². The maximum Gasteiger partial charge on any atom is 1.00 e. The molecule has 5 nitrogen and oxygen atoms in total. The molecule has 0 aliphatic rings. The molecule has 0 aromatic heterocycles. The summed E-state index contributed by atoms with van der Waals surface area (Å²) in [4.78, 5) is -0.225. The average molecular weight is 457 g/mol. The van der Waals surface area contributed by atoms with Gasteiger partial charge < -0.3 is 9.84 Å². The van der Waals surface area contributed by atoms with E-state index in [1.807, 2.05) is 0 Å². The molecule has 166 valence electrons. The van der Waals surface area contributed by atoms with Crippen LogP contribution < -0.4 is 39.4 Å². The second kappa shape index (κ2) is 14.9. The molecule has 0 bridgehead atoms. The summed E-state index contributed by atoms with van der Waals surface area (Å²) in [5.41, 5.74) is 0.819. The first-order valence-corrected chi connectivity index (χ1v) is 12.4. The molecule has 0 radical (unpaired) electrons. The predicted molar refractivity (Wildman–Crippen MR) is 118 cm³/mol. The first-order valence-electron chi connectivity index (χ1n) is 11.0. The SMILES string of the molecule is CCCCCCCCCCCCc1cc([O-])ccc1Oc1cccc(S(=O)(=O)O)c1.[Na+]. The number of hydrogen-bond donors (Lipinski definition) is 1. The zero-order valence-electron chi connectivity index (χ0n) is 18.8. The third-order valence-electron chi connectivity index (χ3n) is 5.16. The van der Waals surface area contributed by atoms with Crippen molar-refractivity contribution in [1.29, 1.82) is 0 Å². The van der Waals surface area contributed by atoms with E-state index >= 15 is 0 Å². The van der Waals surface area contributed by atoms with Gasteiger partial charge in [-0.25, -0.2) is 0 Å². The van der Waals surface area contributed by atoms with Gasteiger partial charge in [0.2, 0.25) is 0 Å². The summed E-state index contributed by atoms with van der Waals surface area (Å²) in [6.45, 7) is 2.23. The fourth-order valence-electron chi connectivity index (χ4n) is 3.48. The Balaban J connectivity index is 0.00000480.